The number of amides is 1. The van der Waals surface area contributed by atoms with Crippen LogP contribution in [0.25, 0.3) is 10.9 Å². The summed E-state index contributed by atoms with van der Waals surface area (Å²) in [6.45, 7) is 5.21. The fourth-order valence-corrected chi connectivity index (χ4v) is 3.78. The minimum atomic E-state index is -0.296. The number of carbonyl (C=O) groups is 1. The molecule has 0 bridgehead atoms. The second-order valence-corrected chi connectivity index (χ2v) is 7.04. The number of hydrogen-bond acceptors (Lipinski definition) is 3. The maximum Gasteiger partial charge on any atom is 0.270 e. The predicted octanol–water partition coefficient (Wildman–Crippen LogP) is 3.35. The average molecular weight is 352 g/mol. The first kappa shape index (κ1) is 16.7. The van der Waals surface area contributed by atoms with Gasteiger partial charge in [0.25, 0.3) is 5.91 Å². The summed E-state index contributed by atoms with van der Waals surface area (Å²) in [4.78, 5) is 23.9. The summed E-state index contributed by atoms with van der Waals surface area (Å²) in [5.74, 6) is 0.646. The number of benzene rings is 1. The summed E-state index contributed by atoms with van der Waals surface area (Å²) in [5, 5.41) is 0.740. The van der Waals surface area contributed by atoms with E-state index in [-0.39, 0.29) is 17.6 Å². The molecule has 1 amide bonds. The molecule has 0 aliphatic carbocycles. The number of nitrogens with zero attached hydrogens (tertiary/aromatic N) is 4. The van der Waals surface area contributed by atoms with Crippen molar-refractivity contribution in [3.05, 3.63) is 59.1 Å². The van der Waals surface area contributed by atoms with Gasteiger partial charge in [0, 0.05) is 48.3 Å². The van der Waals surface area contributed by atoms with Gasteiger partial charge in [-0.15, -0.1) is 0 Å². The Kier molecular flexibility index (Phi) is 3.98. The molecule has 26 heavy (non-hydrogen) atoms. The summed E-state index contributed by atoms with van der Waals surface area (Å²) in [6.07, 6.45) is 0.854. The van der Waals surface area contributed by atoms with Crippen LogP contribution >= 0.6 is 0 Å². The lowest BCUT2D eigenvalue weighted by atomic mass is 10.1. The van der Waals surface area contributed by atoms with E-state index in [0.717, 1.165) is 34.5 Å². The standard InChI is InChI=1S/C20H21FN4O/c1-12-8-13(2)23-19(22-12)14-6-7-25(11-14)20(26)18-10-15-9-16(21)4-5-17(15)24(18)3/h4-5,8-10,14H,6-7,11H2,1-3H3. The van der Waals surface area contributed by atoms with Crippen molar-refractivity contribution in [1.29, 1.82) is 0 Å². The summed E-state index contributed by atoms with van der Waals surface area (Å²) < 4.78 is 15.3. The van der Waals surface area contributed by atoms with Crippen molar-refractivity contribution in [2.24, 2.45) is 7.05 Å². The normalized spacial score (nSPS) is 17.2. The highest BCUT2D eigenvalue weighted by Gasteiger charge is 2.31. The molecule has 134 valence electrons. The Morgan fingerprint density at radius 1 is 1.15 bits per heavy atom. The molecule has 1 atom stereocenters. The summed E-state index contributed by atoms with van der Waals surface area (Å²) >= 11 is 0. The van der Waals surface area contributed by atoms with Crippen molar-refractivity contribution >= 4 is 16.8 Å². The van der Waals surface area contributed by atoms with E-state index >= 15 is 0 Å². The van der Waals surface area contributed by atoms with E-state index in [1.54, 1.807) is 12.1 Å². The molecule has 5 nitrogen and oxygen atoms in total. The van der Waals surface area contributed by atoms with Crippen LogP contribution in [-0.2, 0) is 7.05 Å². The Bertz CT molecular complexity index is 990. The molecule has 2 aromatic heterocycles. The van der Waals surface area contributed by atoms with Crippen LogP contribution in [-0.4, -0.2) is 38.4 Å². The zero-order chi connectivity index (χ0) is 18.4. The summed E-state index contributed by atoms with van der Waals surface area (Å²) in [5.41, 5.74) is 3.33. The highest BCUT2D eigenvalue weighted by Crippen LogP contribution is 2.28. The SMILES string of the molecule is Cc1cc(C)nc(C2CCN(C(=O)c3cc4cc(F)ccc4n3C)C2)n1. The van der Waals surface area contributed by atoms with Crippen molar-refractivity contribution in [2.45, 2.75) is 26.2 Å². The zero-order valence-corrected chi connectivity index (χ0v) is 15.2. The number of aryl methyl sites for hydroxylation is 3. The third kappa shape index (κ3) is 2.85. The molecular formula is C20H21FN4O. The van der Waals surface area contributed by atoms with Crippen LogP contribution < -0.4 is 0 Å². The van der Waals surface area contributed by atoms with Gasteiger partial charge >= 0.3 is 0 Å². The van der Waals surface area contributed by atoms with Gasteiger partial charge in [-0.25, -0.2) is 14.4 Å². The Morgan fingerprint density at radius 2 is 1.88 bits per heavy atom. The first-order valence-corrected chi connectivity index (χ1v) is 8.79. The van der Waals surface area contributed by atoms with E-state index in [4.69, 9.17) is 0 Å². The molecule has 6 heteroatoms. The Hall–Kier alpha value is -2.76. The molecular weight excluding hydrogens is 331 g/mol. The fraction of sp³-hybridized carbons (Fsp3) is 0.350. The van der Waals surface area contributed by atoms with Crippen molar-refractivity contribution in [1.82, 2.24) is 19.4 Å². The lowest BCUT2D eigenvalue weighted by molar-refractivity contribution is 0.0781. The summed E-state index contributed by atoms with van der Waals surface area (Å²) in [7, 11) is 1.84. The largest absolute Gasteiger partial charge is 0.340 e. The Labute approximate surface area is 151 Å². The Balaban J connectivity index is 1.59. The van der Waals surface area contributed by atoms with Crippen LogP contribution in [0.4, 0.5) is 4.39 Å². The van der Waals surface area contributed by atoms with Crippen LogP contribution in [0, 0.1) is 19.7 Å². The van der Waals surface area contributed by atoms with Crippen LogP contribution in [0.15, 0.2) is 30.3 Å². The van der Waals surface area contributed by atoms with Gasteiger partial charge < -0.3 is 9.47 Å². The van der Waals surface area contributed by atoms with Crippen LogP contribution in [0.2, 0.25) is 0 Å². The maximum absolute atomic E-state index is 13.5. The molecule has 1 unspecified atom stereocenters. The third-order valence-corrected chi connectivity index (χ3v) is 5.06. The lowest BCUT2D eigenvalue weighted by Crippen LogP contribution is -2.30. The monoisotopic (exact) mass is 352 g/mol. The molecule has 0 saturated carbocycles. The summed E-state index contributed by atoms with van der Waals surface area (Å²) in [6, 6.07) is 8.30. The molecule has 1 aliphatic rings. The van der Waals surface area contributed by atoms with Crippen LogP contribution in [0.1, 0.15) is 40.0 Å². The molecule has 4 rings (SSSR count). The van der Waals surface area contributed by atoms with Crippen molar-refractivity contribution in [3.8, 4) is 0 Å². The van der Waals surface area contributed by atoms with Crippen molar-refractivity contribution in [2.75, 3.05) is 13.1 Å². The van der Waals surface area contributed by atoms with E-state index in [1.165, 1.54) is 12.1 Å². The lowest BCUT2D eigenvalue weighted by Gasteiger charge is -2.17. The highest BCUT2D eigenvalue weighted by molar-refractivity contribution is 5.98. The molecule has 3 aromatic rings. The minimum absolute atomic E-state index is 0.0315. The number of likely N-dealkylation sites (tertiary alicyclic amines) is 1. The first-order valence-electron chi connectivity index (χ1n) is 8.79. The maximum atomic E-state index is 13.5. The minimum Gasteiger partial charge on any atom is -0.340 e. The number of fused-ring (bicyclic) bond motifs is 1. The quantitative estimate of drug-likeness (QED) is 0.711. The van der Waals surface area contributed by atoms with Crippen LogP contribution in [0.3, 0.4) is 0 Å². The number of hydrogen-bond donors (Lipinski definition) is 0. The van der Waals surface area contributed by atoms with Gasteiger partial charge in [-0.2, -0.15) is 0 Å². The fourth-order valence-electron chi connectivity index (χ4n) is 3.78. The van der Waals surface area contributed by atoms with Crippen molar-refractivity contribution in [3.63, 3.8) is 0 Å². The molecule has 1 aliphatic heterocycles. The van der Waals surface area contributed by atoms with E-state index in [9.17, 15) is 9.18 Å². The number of halogens is 1. The average Bonchev–Trinajstić information content (AvgIpc) is 3.19. The first-order chi connectivity index (χ1) is 12.4. The Morgan fingerprint density at radius 3 is 2.62 bits per heavy atom. The molecule has 3 heterocycles. The third-order valence-electron chi connectivity index (χ3n) is 5.06. The van der Waals surface area contributed by atoms with Gasteiger partial charge in [0.15, 0.2) is 0 Å². The zero-order valence-electron chi connectivity index (χ0n) is 15.2. The van der Waals surface area contributed by atoms with Gasteiger partial charge in [-0.3, -0.25) is 4.79 Å². The number of rotatable bonds is 2. The molecule has 0 spiro atoms. The van der Waals surface area contributed by atoms with Gasteiger partial charge in [-0.05, 0) is 50.6 Å². The molecule has 1 aromatic carbocycles. The highest BCUT2D eigenvalue weighted by atomic mass is 19.1. The van der Waals surface area contributed by atoms with Crippen molar-refractivity contribution < 1.29 is 9.18 Å². The van der Waals surface area contributed by atoms with Crippen LogP contribution in [0.5, 0.6) is 0 Å². The smallest absolute Gasteiger partial charge is 0.270 e. The molecule has 0 N–H and O–H groups in total. The second-order valence-electron chi connectivity index (χ2n) is 7.04. The van der Waals surface area contributed by atoms with E-state index in [1.807, 2.05) is 36.4 Å². The molecule has 1 fully saturated rings. The van der Waals surface area contributed by atoms with E-state index in [0.29, 0.717) is 18.8 Å². The topological polar surface area (TPSA) is 51.0 Å². The number of carbonyl (C=O) groups excluding carboxylic acids is 1. The van der Waals surface area contributed by atoms with Gasteiger partial charge in [-0.1, -0.05) is 0 Å². The second kappa shape index (κ2) is 6.20. The molecule has 1 saturated heterocycles. The van der Waals surface area contributed by atoms with E-state index < -0.39 is 0 Å². The predicted molar refractivity (Wildman–Crippen MR) is 97.6 cm³/mol. The van der Waals surface area contributed by atoms with Gasteiger partial charge in [0.2, 0.25) is 0 Å². The van der Waals surface area contributed by atoms with E-state index in [2.05, 4.69) is 9.97 Å². The van der Waals surface area contributed by atoms with Gasteiger partial charge in [0.1, 0.15) is 17.3 Å². The number of aromatic nitrogens is 3. The van der Waals surface area contributed by atoms with Gasteiger partial charge in [0.05, 0.1) is 0 Å². The molecule has 0 radical (unpaired) electrons.